The fraction of sp³-hybridized carbons (Fsp3) is 0.700. The van der Waals surface area contributed by atoms with Crippen LogP contribution in [0.3, 0.4) is 0 Å². The van der Waals surface area contributed by atoms with Crippen molar-refractivity contribution in [2.24, 2.45) is 7.05 Å². The zero-order chi connectivity index (χ0) is 10.2. The highest BCUT2D eigenvalue weighted by Crippen LogP contribution is 1.95. The van der Waals surface area contributed by atoms with Crippen LogP contribution < -0.4 is 5.32 Å². The van der Waals surface area contributed by atoms with Crippen molar-refractivity contribution in [2.45, 2.75) is 13.3 Å². The van der Waals surface area contributed by atoms with Gasteiger partial charge in [-0.3, -0.25) is 0 Å². The molecular formula is C10H19N3O. The molecule has 14 heavy (non-hydrogen) atoms. The minimum atomic E-state index is 0.746. The van der Waals surface area contributed by atoms with Crippen molar-refractivity contribution in [1.29, 1.82) is 0 Å². The number of hydrogen-bond donors (Lipinski definition) is 1. The number of ether oxygens (including phenoxy) is 1. The van der Waals surface area contributed by atoms with Gasteiger partial charge < -0.3 is 14.6 Å². The Kier molecular flexibility index (Phi) is 5.25. The molecule has 80 valence electrons. The molecule has 4 nitrogen and oxygen atoms in total. The van der Waals surface area contributed by atoms with Crippen LogP contribution in [0.2, 0.25) is 0 Å². The Morgan fingerprint density at radius 3 is 3.00 bits per heavy atom. The van der Waals surface area contributed by atoms with Gasteiger partial charge in [-0.25, -0.2) is 4.98 Å². The summed E-state index contributed by atoms with van der Waals surface area (Å²) >= 11 is 0. The maximum atomic E-state index is 5.45. The molecule has 0 aromatic carbocycles. The fourth-order valence-corrected chi connectivity index (χ4v) is 1.22. The molecule has 1 aromatic rings. The average Bonchev–Trinajstić information content (AvgIpc) is 2.58. The first-order valence-electron chi connectivity index (χ1n) is 5.09. The lowest BCUT2D eigenvalue weighted by Gasteiger charge is -2.04. The van der Waals surface area contributed by atoms with Crippen LogP contribution in [0.25, 0.3) is 0 Å². The number of nitrogens with zero attached hydrogens (tertiary/aromatic N) is 2. The summed E-state index contributed by atoms with van der Waals surface area (Å²) in [5.74, 6) is 1.08. The van der Waals surface area contributed by atoms with Crippen molar-refractivity contribution < 1.29 is 4.74 Å². The van der Waals surface area contributed by atoms with Gasteiger partial charge >= 0.3 is 0 Å². The highest BCUT2D eigenvalue weighted by Gasteiger charge is 1.97. The third-order valence-corrected chi connectivity index (χ3v) is 2.06. The molecule has 4 heteroatoms. The largest absolute Gasteiger partial charge is 0.380 e. The first-order valence-corrected chi connectivity index (χ1v) is 5.09. The predicted molar refractivity (Wildman–Crippen MR) is 56.3 cm³/mol. The summed E-state index contributed by atoms with van der Waals surface area (Å²) in [5.41, 5.74) is 0. The van der Waals surface area contributed by atoms with E-state index in [-0.39, 0.29) is 0 Å². The molecule has 0 bridgehead atoms. The number of nitrogens with one attached hydrogen (secondary N) is 1. The summed E-state index contributed by atoms with van der Waals surface area (Å²) in [7, 11) is 2.00. The third kappa shape index (κ3) is 3.89. The van der Waals surface area contributed by atoms with E-state index in [1.807, 2.05) is 24.0 Å². The van der Waals surface area contributed by atoms with Crippen molar-refractivity contribution in [3.05, 3.63) is 18.2 Å². The monoisotopic (exact) mass is 197 g/mol. The Balaban J connectivity index is 2.02. The van der Waals surface area contributed by atoms with E-state index in [0.717, 1.165) is 38.5 Å². The summed E-state index contributed by atoms with van der Waals surface area (Å²) < 4.78 is 7.47. The molecule has 0 radical (unpaired) electrons. The average molecular weight is 197 g/mol. The molecule has 1 heterocycles. The van der Waals surface area contributed by atoms with Crippen LogP contribution in [0.15, 0.2) is 12.4 Å². The van der Waals surface area contributed by atoms with Crippen LogP contribution in [-0.4, -0.2) is 35.9 Å². The fourth-order valence-electron chi connectivity index (χ4n) is 1.22. The highest BCUT2D eigenvalue weighted by atomic mass is 16.5. The van der Waals surface area contributed by atoms with Crippen LogP contribution in [0, 0.1) is 0 Å². The number of imidazole rings is 1. The van der Waals surface area contributed by atoms with E-state index < -0.39 is 0 Å². The van der Waals surface area contributed by atoms with Gasteiger partial charge in [-0.05, 0) is 6.54 Å². The number of likely N-dealkylation sites (N-methyl/N-ethyl adjacent to an activating group) is 1. The van der Waals surface area contributed by atoms with Gasteiger partial charge in [0.05, 0.1) is 13.2 Å². The molecule has 0 unspecified atom stereocenters. The van der Waals surface area contributed by atoms with E-state index in [1.165, 1.54) is 0 Å². The summed E-state index contributed by atoms with van der Waals surface area (Å²) in [6.07, 6.45) is 4.65. The minimum absolute atomic E-state index is 0.746. The molecule has 0 saturated carbocycles. The summed E-state index contributed by atoms with van der Waals surface area (Å²) in [6, 6.07) is 0. The summed E-state index contributed by atoms with van der Waals surface area (Å²) in [5, 5.41) is 3.21. The number of rotatable bonds is 7. The Hall–Kier alpha value is -0.870. The van der Waals surface area contributed by atoms with Crippen LogP contribution in [-0.2, 0) is 18.2 Å². The smallest absolute Gasteiger partial charge is 0.110 e. The molecule has 0 spiro atoms. The molecule has 0 amide bonds. The molecule has 0 fully saturated rings. The Labute approximate surface area is 85.3 Å². The second-order valence-electron chi connectivity index (χ2n) is 3.17. The van der Waals surface area contributed by atoms with Gasteiger partial charge in [0.15, 0.2) is 0 Å². The number of aryl methyl sites for hydroxylation is 1. The van der Waals surface area contributed by atoms with Crippen LogP contribution in [0.1, 0.15) is 12.7 Å². The maximum absolute atomic E-state index is 5.45. The Morgan fingerprint density at radius 2 is 2.36 bits per heavy atom. The number of aromatic nitrogens is 2. The quantitative estimate of drug-likeness (QED) is 0.650. The molecule has 1 rings (SSSR count). The van der Waals surface area contributed by atoms with E-state index in [0.29, 0.717) is 0 Å². The van der Waals surface area contributed by atoms with E-state index >= 15 is 0 Å². The Bertz CT molecular complexity index is 247. The van der Waals surface area contributed by atoms with Crippen LogP contribution >= 0.6 is 0 Å². The van der Waals surface area contributed by atoms with E-state index in [4.69, 9.17) is 4.74 Å². The second kappa shape index (κ2) is 6.56. The maximum Gasteiger partial charge on any atom is 0.110 e. The van der Waals surface area contributed by atoms with Gasteiger partial charge in [-0.15, -0.1) is 0 Å². The topological polar surface area (TPSA) is 39.1 Å². The van der Waals surface area contributed by atoms with Crippen LogP contribution in [0.5, 0.6) is 0 Å². The zero-order valence-electron chi connectivity index (χ0n) is 8.99. The van der Waals surface area contributed by atoms with E-state index in [2.05, 4.69) is 17.2 Å². The molecule has 1 aromatic heterocycles. The second-order valence-corrected chi connectivity index (χ2v) is 3.17. The summed E-state index contributed by atoms with van der Waals surface area (Å²) in [6.45, 7) is 5.54. The van der Waals surface area contributed by atoms with Crippen molar-refractivity contribution in [3.63, 3.8) is 0 Å². The molecule has 0 aliphatic carbocycles. The number of hydrogen-bond acceptors (Lipinski definition) is 3. The molecule has 1 N–H and O–H groups in total. The minimum Gasteiger partial charge on any atom is -0.380 e. The SMILES string of the molecule is CCNCCOCCc1nccn1C. The lowest BCUT2D eigenvalue weighted by molar-refractivity contribution is 0.137. The normalized spacial score (nSPS) is 10.7. The Morgan fingerprint density at radius 1 is 1.50 bits per heavy atom. The molecule has 0 atom stereocenters. The first kappa shape index (κ1) is 11.2. The van der Waals surface area contributed by atoms with Crippen molar-refractivity contribution in [1.82, 2.24) is 14.9 Å². The van der Waals surface area contributed by atoms with Gasteiger partial charge in [0.25, 0.3) is 0 Å². The van der Waals surface area contributed by atoms with Gasteiger partial charge in [-0.1, -0.05) is 6.92 Å². The molecule has 0 aliphatic rings. The van der Waals surface area contributed by atoms with Gasteiger partial charge in [-0.2, -0.15) is 0 Å². The van der Waals surface area contributed by atoms with E-state index in [1.54, 1.807) is 0 Å². The zero-order valence-corrected chi connectivity index (χ0v) is 8.99. The van der Waals surface area contributed by atoms with Gasteiger partial charge in [0, 0.05) is 32.4 Å². The molecule has 0 aliphatic heterocycles. The third-order valence-electron chi connectivity index (χ3n) is 2.06. The van der Waals surface area contributed by atoms with Gasteiger partial charge in [0.2, 0.25) is 0 Å². The van der Waals surface area contributed by atoms with E-state index in [9.17, 15) is 0 Å². The van der Waals surface area contributed by atoms with Crippen molar-refractivity contribution in [2.75, 3.05) is 26.3 Å². The highest BCUT2D eigenvalue weighted by molar-refractivity contribution is 4.90. The lowest BCUT2D eigenvalue weighted by atomic mass is 10.4. The molecular weight excluding hydrogens is 178 g/mol. The lowest BCUT2D eigenvalue weighted by Crippen LogP contribution is -2.19. The van der Waals surface area contributed by atoms with Crippen LogP contribution in [0.4, 0.5) is 0 Å². The predicted octanol–water partition coefficient (Wildman–Crippen LogP) is 0.589. The van der Waals surface area contributed by atoms with Gasteiger partial charge in [0.1, 0.15) is 5.82 Å². The van der Waals surface area contributed by atoms with Crippen molar-refractivity contribution >= 4 is 0 Å². The molecule has 0 saturated heterocycles. The van der Waals surface area contributed by atoms with Crippen molar-refractivity contribution in [3.8, 4) is 0 Å². The first-order chi connectivity index (χ1) is 6.84. The standard InChI is InChI=1S/C10H19N3O/c1-3-11-6-9-14-8-4-10-12-5-7-13(10)2/h5,7,11H,3-4,6,8-9H2,1-2H3. The summed E-state index contributed by atoms with van der Waals surface area (Å²) in [4.78, 5) is 4.22.